The van der Waals surface area contributed by atoms with Crippen molar-refractivity contribution >= 4 is 11.7 Å². The predicted octanol–water partition coefficient (Wildman–Crippen LogP) is 5.36. The molecule has 4 aromatic rings. The molecule has 1 N–H and O–H groups in total. The number of hydrogen-bond donors (Lipinski definition) is 1. The SMILES string of the molecule is COCCn1ncc(Cc2ncc(-c3ccc(CC(=O)Nc4cc(C5(C(F)(F)F)CC5)on4)c(F)c3)cn2)c1C1CC1. The van der Waals surface area contributed by atoms with Crippen LogP contribution in [0.2, 0.25) is 0 Å². The van der Waals surface area contributed by atoms with Crippen LogP contribution in [0.1, 0.15) is 60.0 Å². The molecular weight excluding hydrogens is 556 g/mol. The number of hydrogen-bond acceptors (Lipinski definition) is 7. The molecule has 3 heterocycles. The minimum absolute atomic E-state index is 0.0906. The number of alkyl halides is 3. The number of benzene rings is 1. The van der Waals surface area contributed by atoms with Gasteiger partial charge in [-0.1, -0.05) is 17.3 Å². The Bertz CT molecular complexity index is 1590. The predicted molar refractivity (Wildman–Crippen MR) is 142 cm³/mol. The molecule has 0 aliphatic heterocycles. The van der Waals surface area contributed by atoms with Gasteiger partial charge >= 0.3 is 6.18 Å². The molecule has 0 saturated heterocycles. The molecule has 2 saturated carbocycles. The van der Waals surface area contributed by atoms with E-state index in [1.54, 1.807) is 25.6 Å². The van der Waals surface area contributed by atoms with Crippen LogP contribution in [-0.2, 0) is 34.3 Å². The van der Waals surface area contributed by atoms with Gasteiger partial charge in [-0.15, -0.1) is 0 Å². The lowest BCUT2D eigenvalue weighted by Gasteiger charge is -2.14. The first-order valence-electron chi connectivity index (χ1n) is 13.6. The lowest BCUT2D eigenvalue weighted by molar-refractivity contribution is -0.165. The topological polar surface area (TPSA) is 108 Å². The van der Waals surface area contributed by atoms with Crippen LogP contribution in [-0.4, -0.2) is 50.7 Å². The number of aromatic nitrogens is 5. The minimum Gasteiger partial charge on any atom is -0.383 e. The zero-order chi connectivity index (χ0) is 29.5. The summed E-state index contributed by atoms with van der Waals surface area (Å²) in [6, 6.07) is 5.50. The van der Waals surface area contributed by atoms with Crippen LogP contribution in [0.4, 0.5) is 23.4 Å². The molecule has 0 atom stereocenters. The van der Waals surface area contributed by atoms with Crippen molar-refractivity contribution in [3.05, 3.63) is 77.1 Å². The van der Waals surface area contributed by atoms with Crippen molar-refractivity contribution in [2.45, 2.75) is 62.6 Å². The van der Waals surface area contributed by atoms with E-state index < -0.39 is 23.3 Å². The average Bonchev–Trinajstić information content (AvgIpc) is 3.88. The van der Waals surface area contributed by atoms with Gasteiger partial charge in [-0.3, -0.25) is 9.48 Å². The number of carbonyl (C=O) groups excluding carboxylic acids is 1. The van der Waals surface area contributed by atoms with Crippen molar-refractivity contribution < 1.29 is 31.6 Å². The Balaban J connectivity index is 1.08. The van der Waals surface area contributed by atoms with Gasteiger partial charge in [-0.05, 0) is 42.9 Å². The Hall–Kier alpha value is -4.13. The highest BCUT2D eigenvalue weighted by Crippen LogP contribution is 2.59. The Labute approximate surface area is 238 Å². The van der Waals surface area contributed by atoms with Crippen molar-refractivity contribution in [1.82, 2.24) is 24.9 Å². The Kier molecular flexibility index (Phi) is 7.29. The van der Waals surface area contributed by atoms with Gasteiger partial charge in [-0.2, -0.15) is 18.3 Å². The van der Waals surface area contributed by atoms with Gasteiger partial charge in [0.05, 0.1) is 25.8 Å². The number of halogens is 4. The summed E-state index contributed by atoms with van der Waals surface area (Å²) in [4.78, 5) is 21.4. The molecule has 1 amide bonds. The standard InChI is InChI=1S/C29H28F4N6O3/c1-41-9-8-39-27(17-2-3-17)20(16-36-39)11-24-34-14-21(15-35-24)18-4-5-19(22(30)10-18)12-26(40)37-25-13-23(42-38-25)28(6-7-28)29(31,32)33/h4-5,10,13-17H,2-3,6-9,11-12H2,1H3,(H,37,38,40). The Morgan fingerprint density at radius 3 is 2.52 bits per heavy atom. The fourth-order valence-electron chi connectivity index (χ4n) is 5.11. The first-order valence-corrected chi connectivity index (χ1v) is 13.6. The molecule has 3 aromatic heterocycles. The summed E-state index contributed by atoms with van der Waals surface area (Å²) in [6.45, 7) is 1.27. The molecule has 0 radical (unpaired) electrons. The number of nitrogens with one attached hydrogen (secondary N) is 1. The summed E-state index contributed by atoms with van der Waals surface area (Å²) >= 11 is 0. The van der Waals surface area contributed by atoms with E-state index in [0.717, 1.165) is 24.5 Å². The molecule has 13 heteroatoms. The molecule has 2 fully saturated rings. The maximum atomic E-state index is 14.9. The number of amides is 1. The number of nitrogens with zero attached hydrogens (tertiary/aromatic N) is 5. The molecular formula is C29H28F4N6O3. The van der Waals surface area contributed by atoms with Gasteiger partial charge in [-0.25, -0.2) is 14.4 Å². The van der Waals surface area contributed by atoms with Gasteiger partial charge in [0.15, 0.2) is 11.6 Å². The van der Waals surface area contributed by atoms with E-state index in [1.165, 1.54) is 17.8 Å². The van der Waals surface area contributed by atoms with E-state index in [2.05, 4.69) is 25.5 Å². The molecule has 220 valence electrons. The molecule has 0 unspecified atom stereocenters. The molecule has 9 nitrogen and oxygen atoms in total. The third-order valence-corrected chi connectivity index (χ3v) is 7.76. The van der Waals surface area contributed by atoms with Gasteiger partial charge in [0.2, 0.25) is 5.91 Å². The third-order valence-electron chi connectivity index (χ3n) is 7.76. The fourth-order valence-corrected chi connectivity index (χ4v) is 5.11. The van der Waals surface area contributed by atoms with Crippen molar-refractivity contribution in [1.29, 1.82) is 0 Å². The van der Waals surface area contributed by atoms with Gasteiger partial charge in [0.1, 0.15) is 17.1 Å². The lowest BCUT2D eigenvalue weighted by atomic mass is 10.0. The average molecular weight is 585 g/mol. The first kappa shape index (κ1) is 28.0. The normalized spacial score (nSPS) is 16.0. The molecule has 6 rings (SSSR count). The summed E-state index contributed by atoms with van der Waals surface area (Å²) in [7, 11) is 1.66. The highest BCUT2D eigenvalue weighted by Gasteiger charge is 2.66. The quantitative estimate of drug-likeness (QED) is 0.237. The van der Waals surface area contributed by atoms with E-state index in [4.69, 9.17) is 9.26 Å². The van der Waals surface area contributed by atoms with Crippen LogP contribution in [0, 0.1) is 5.82 Å². The van der Waals surface area contributed by atoms with E-state index in [0.29, 0.717) is 42.4 Å². The number of anilines is 1. The highest BCUT2D eigenvalue weighted by atomic mass is 19.4. The summed E-state index contributed by atoms with van der Waals surface area (Å²) in [5, 5.41) is 10.4. The van der Waals surface area contributed by atoms with Gasteiger partial charge in [0, 0.05) is 54.7 Å². The maximum Gasteiger partial charge on any atom is 0.401 e. The van der Waals surface area contributed by atoms with Crippen LogP contribution in [0.5, 0.6) is 0 Å². The van der Waals surface area contributed by atoms with E-state index in [-0.39, 0.29) is 36.4 Å². The second kappa shape index (κ2) is 10.9. The molecule has 2 aliphatic rings. The van der Waals surface area contributed by atoms with Gasteiger partial charge in [0.25, 0.3) is 0 Å². The highest BCUT2D eigenvalue weighted by molar-refractivity contribution is 5.91. The molecule has 2 aliphatic carbocycles. The maximum absolute atomic E-state index is 14.9. The number of ether oxygens (including phenoxy) is 1. The number of rotatable bonds is 11. The lowest BCUT2D eigenvalue weighted by Crippen LogP contribution is -2.28. The monoisotopic (exact) mass is 584 g/mol. The molecule has 1 aromatic carbocycles. The summed E-state index contributed by atoms with van der Waals surface area (Å²) in [5.74, 6) is -0.610. The fraction of sp³-hybridized carbons (Fsp3) is 0.414. The van der Waals surface area contributed by atoms with Crippen LogP contribution in [0.3, 0.4) is 0 Å². The third kappa shape index (κ3) is 5.65. The van der Waals surface area contributed by atoms with Crippen LogP contribution >= 0.6 is 0 Å². The van der Waals surface area contributed by atoms with Crippen LogP contribution < -0.4 is 5.32 Å². The smallest absolute Gasteiger partial charge is 0.383 e. The summed E-state index contributed by atoms with van der Waals surface area (Å²) < 4.78 is 66.9. The van der Waals surface area contributed by atoms with Crippen molar-refractivity contribution in [3.8, 4) is 11.1 Å². The van der Waals surface area contributed by atoms with Crippen molar-refractivity contribution in [3.63, 3.8) is 0 Å². The van der Waals surface area contributed by atoms with E-state index in [1.807, 2.05) is 10.9 Å². The Morgan fingerprint density at radius 2 is 1.88 bits per heavy atom. The zero-order valence-corrected chi connectivity index (χ0v) is 22.7. The molecule has 42 heavy (non-hydrogen) atoms. The zero-order valence-electron chi connectivity index (χ0n) is 22.7. The molecule has 0 spiro atoms. The summed E-state index contributed by atoms with van der Waals surface area (Å²) in [6.07, 6.45) is 2.95. The van der Waals surface area contributed by atoms with E-state index >= 15 is 0 Å². The second-order valence-electron chi connectivity index (χ2n) is 10.8. The largest absolute Gasteiger partial charge is 0.401 e. The van der Waals surface area contributed by atoms with Crippen molar-refractivity contribution in [2.75, 3.05) is 19.0 Å². The van der Waals surface area contributed by atoms with Crippen LogP contribution in [0.15, 0.2) is 47.4 Å². The number of carbonyl (C=O) groups is 1. The Morgan fingerprint density at radius 1 is 1.12 bits per heavy atom. The summed E-state index contributed by atoms with van der Waals surface area (Å²) in [5.41, 5.74) is 1.52. The molecule has 0 bridgehead atoms. The van der Waals surface area contributed by atoms with Gasteiger partial charge < -0.3 is 14.6 Å². The first-order chi connectivity index (χ1) is 20.2. The minimum atomic E-state index is -4.46. The second-order valence-corrected chi connectivity index (χ2v) is 10.8. The van der Waals surface area contributed by atoms with Crippen molar-refractivity contribution in [2.24, 2.45) is 0 Å². The number of methoxy groups -OCH3 is 1. The van der Waals surface area contributed by atoms with Crippen LogP contribution in [0.25, 0.3) is 11.1 Å². The van der Waals surface area contributed by atoms with E-state index in [9.17, 15) is 22.4 Å².